The van der Waals surface area contributed by atoms with Crippen LogP contribution in [0.25, 0.3) is 0 Å². The van der Waals surface area contributed by atoms with Gasteiger partial charge in [-0.2, -0.15) is 0 Å². The van der Waals surface area contributed by atoms with E-state index in [0.29, 0.717) is 18.5 Å². The standard InChI is InChI=1S/C8H18N2O/c9-4-1-8(10)7-2-5-11-6-3-7/h7-8H,1-6,9-10H2. The average Bonchev–Trinajstić information content (AvgIpc) is 2.07. The van der Waals surface area contributed by atoms with Crippen molar-refractivity contribution in [2.45, 2.75) is 25.3 Å². The van der Waals surface area contributed by atoms with Gasteiger partial charge < -0.3 is 16.2 Å². The van der Waals surface area contributed by atoms with Crippen LogP contribution in [0.4, 0.5) is 0 Å². The van der Waals surface area contributed by atoms with Gasteiger partial charge in [0.05, 0.1) is 0 Å². The highest BCUT2D eigenvalue weighted by Crippen LogP contribution is 2.18. The summed E-state index contributed by atoms with van der Waals surface area (Å²) < 4.78 is 5.24. The van der Waals surface area contributed by atoms with Crippen molar-refractivity contribution in [1.29, 1.82) is 0 Å². The second-order valence-electron chi connectivity index (χ2n) is 3.19. The van der Waals surface area contributed by atoms with Crippen molar-refractivity contribution in [3.63, 3.8) is 0 Å². The fourth-order valence-corrected chi connectivity index (χ4v) is 1.57. The average molecular weight is 158 g/mol. The van der Waals surface area contributed by atoms with E-state index in [-0.39, 0.29) is 0 Å². The predicted octanol–water partition coefficient (Wildman–Crippen LogP) is 0.0891. The quantitative estimate of drug-likeness (QED) is 0.612. The van der Waals surface area contributed by atoms with Crippen LogP contribution in [-0.4, -0.2) is 25.8 Å². The summed E-state index contributed by atoms with van der Waals surface area (Å²) in [7, 11) is 0. The number of hydrogen-bond donors (Lipinski definition) is 2. The van der Waals surface area contributed by atoms with E-state index in [1.54, 1.807) is 0 Å². The Morgan fingerprint density at radius 3 is 2.55 bits per heavy atom. The first-order chi connectivity index (χ1) is 5.34. The number of nitrogens with two attached hydrogens (primary N) is 2. The largest absolute Gasteiger partial charge is 0.381 e. The van der Waals surface area contributed by atoms with Crippen LogP contribution < -0.4 is 11.5 Å². The molecule has 1 saturated heterocycles. The third-order valence-electron chi connectivity index (χ3n) is 2.37. The molecule has 3 nitrogen and oxygen atoms in total. The molecule has 3 heteroatoms. The molecule has 4 N–H and O–H groups in total. The van der Waals surface area contributed by atoms with Crippen molar-refractivity contribution in [2.75, 3.05) is 19.8 Å². The lowest BCUT2D eigenvalue weighted by Crippen LogP contribution is -2.35. The van der Waals surface area contributed by atoms with Gasteiger partial charge in [0, 0.05) is 19.3 Å². The van der Waals surface area contributed by atoms with Crippen LogP contribution in [0.15, 0.2) is 0 Å². The monoisotopic (exact) mass is 158 g/mol. The summed E-state index contributed by atoms with van der Waals surface area (Å²) in [5, 5.41) is 0. The zero-order valence-corrected chi connectivity index (χ0v) is 6.96. The van der Waals surface area contributed by atoms with Crippen molar-refractivity contribution in [3.8, 4) is 0 Å². The predicted molar refractivity (Wildman–Crippen MR) is 45.2 cm³/mol. The molecule has 1 aliphatic rings. The van der Waals surface area contributed by atoms with E-state index in [1.807, 2.05) is 0 Å². The van der Waals surface area contributed by atoms with Crippen LogP contribution in [-0.2, 0) is 4.74 Å². The molecule has 11 heavy (non-hydrogen) atoms. The minimum Gasteiger partial charge on any atom is -0.381 e. The van der Waals surface area contributed by atoms with Gasteiger partial charge in [-0.1, -0.05) is 0 Å². The third kappa shape index (κ3) is 2.77. The summed E-state index contributed by atoms with van der Waals surface area (Å²) in [6.07, 6.45) is 3.17. The lowest BCUT2D eigenvalue weighted by Gasteiger charge is -2.27. The highest BCUT2D eigenvalue weighted by Gasteiger charge is 2.19. The summed E-state index contributed by atoms with van der Waals surface area (Å²) in [5.41, 5.74) is 11.3. The summed E-state index contributed by atoms with van der Waals surface area (Å²) >= 11 is 0. The van der Waals surface area contributed by atoms with Crippen LogP contribution in [0.5, 0.6) is 0 Å². The van der Waals surface area contributed by atoms with Gasteiger partial charge in [0.25, 0.3) is 0 Å². The van der Waals surface area contributed by atoms with Crippen LogP contribution in [0, 0.1) is 5.92 Å². The molecule has 0 aliphatic carbocycles. The third-order valence-corrected chi connectivity index (χ3v) is 2.37. The van der Waals surface area contributed by atoms with E-state index in [2.05, 4.69) is 0 Å². The molecule has 1 aliphatic heterocycles. The Bertz CT molecular complexity index is 102. The molecule has 1 unspecified atom stereocenters. The second kappa shape index (κ2) is 4.70. The Morgan fingerprint density at radius 2 is 2.00 bits per heavy atom. The minimum absolute atomic E-state index is 0.295. The van der Waals surface area contributed by atoms with E-state index in [4.69, 9.17) is 16.2 Å². The molecule has 0 aromatic heterocycles. The van der Waals surface area contributed by atoms with Crippen LogP contribution in [0.3, 0.4) is 0 Å². The number of ether oxygens (including phenoxy) is 1. The summed E-state index contributed by atoms with van der Waals surface area (Å²) in [6, 6.07) is 0.295. The van der Waals surface area contributed by atoms with Gasteiger partial charge in [-0.25, -0.2) is 0 Å². The van der Waals surface area contributed by atoms with Gasteiger partial charge in [0.2, 0.25) is 0 Å². The first-order valence-corrected chi connectivity index (χ1v) is 4.38. The number of hydrogen-bond acceptors (Lipinski definition) is 3. The SMILES string of the molecule is NCCC(N)C1CCOCC1. The molecule has 1 rings (SSSR count). The Kier molecular flexibility index (Phi) is 3.83. The molecule has 0 aromatic carbocycles. The lowest BCUT2D eigenvalue weighted by atomic mass is 9.90. The maximum atomic E-state index is 5.92. The topological polar surface area (TPSA) is 61.3 Å². The highest BCUT2D eigenvalue weighted by molar-refractivity contribution is 4.75. The van der Waals surface area contributed by atoms with Crippen molar-refractivity contribution >= 4 is 0 Å². The first-order valence-electron chi connectivity index (χ1n) is 4.38. The zero-order chi connectivity index (χ0) is 8.10. The molecular formula is C8H18N2O. The van der Waals surface area contributed by atoms with Gasteiger partial charge in [0.1, 0.15) is 0 Å². The van der Waals surface area contributed by atoms with Crippen molar-refractivity contribution < 1.29 is 4.74 Å². The zero-order valence-electron chi connectivity index (χ0n) is 6.96. The summed E-state index contributed by atoms with van der Waals surface area (Å²) in [5.74, 6) is 0.646. The first kappa shape index (κ1) is 8.97. The van der Waals surface area contributed by atoms with E-state index in [1.165, 1.54) is 0 Å². The van der Waals surface area contributed by atoms with Crippen LogP contribution in [0.2, 0.25) is 0 Å². The molecule has 0 saturated carbocycles. The molecule has 1 fully saturated rings. The molecule has 0 bridgehead atoms. The van der Waals surface area contributed by atoms with Gasteiger partial charge in [0.15, 0.2) is 0 Å². The molecule has 0 aromatic rings. The molecule has 1 heterocycles. The minimum atomic E-state index is 0.295. The fraction of sp³-hybridized carbons (Fsp3) is 1.00. The molecule has 1 atom stereocenters. The van der Waals surface area contributed by atoms with Gasteiger partial charge in [-0.15, -0.1) is 0 Å². The Morgan fingerprint density at radius 1 is 1.36 bits per heavy atom. The van der Waals surface area contributed by atoms with Crippen LogP contribution >= 0.6 is 0 Å². The molecular weight excluding hydrogens is 140 g/mol. The fourth-order valence-electron chi connectivity index (χ4n) is 1.57. The van der Waals surface area contributed by atoms with E-state index in [9.17, 15) is 0 Å². The van der Waals surface area contributed by atoms with Crippen molar-refractivity contribution in [3.05, 3.63) is 0 Å². The van der Waals surface area contributed by atoms with Crippen molar-refractivity contribution in [2.24, 2.45) is 17.4 Å². The normalized spacial score (nSPS) is 23.5. The maximum Gasteiger partial charge on any atom is 0.0469 e. The van der Waals surface area contributed by atoms with E-state index in [0.717, 1.165) is 32.5 Å². The van der Waals surface area contributed by atoms with Crippen LogP contribution in [0.1, 0.15) is 19.3 Å². The molecule has 0 spiro atoms. The Hall–Kier alpha value is -0.120. The second-order valence-corrected chi connectivity index (χ2v) is 3.19. The smallest absolute Gasteiger partial charge is 0.0469 e. The molecule has 0 radical (unpaired) electrons. The van der Waals surface area contributed by atoms with Gasteiger partial charge in [-0.05, 0) is 31.7 Å². The Balaban J connectivity index is 2.21. The number of rotatable bonds is 3. The van der Waals surface area contributed by atoms with E-state index >= 15 is 0 Å². The lowest BCUT2D eigenvalue weighted by molar-refractivity contribution is 0.0578. The van der Waals surface area contributed by atoms with E-state index < -0.39 is 0 Å². The Labute approximate surface area is 68.1 Å². The highest BCUT2D eigenvalue weighted by atomic mass is 16.5. The van der Waals surface area contributed by atoms with Gasteiger partial charge in [-0.3, -0.25) is 0 Å². The summed E-state index contributed by atoms with van der Waals surface area (Å²) in [6.45, 7) is 2.46. The molecule has 0 amide bonds. The van der Waals surface area contributed by atoms with Crippen molar-refractivity contribution in [1.82, 2.24) is 0 Å². The summed E-state index contributed by atoms with van der Waals surface area (Å²) in [4.78, 5) is 0. The maximum absolute atomic E-state index is 5.92. The van der Waals surface area contributed by atoms with Gasteiger partial charge >= 0.3 is 0 Å². The molecule has 66 valence electrons.